The molecule has 0 saturated carbocycles. The molecule has 0 fully saturated rings. The molecule has 0 aromatic carbocycles. The average Bonchev–Trinajstić information content (AvgIpc) is 1.36. The van der Waals surface area contributed by atoms with Crippen LogP contribution in [0.4, 0.5) is 17.3 Å². The summed E-state index contributed by atoms with van der Waals surface area (Å²) in [6, 6.07) is 0. The number of aliphatic hydroxyl groups is 1. The van der Waals surface area contributed by atoms with Crippen LogP contribution in [0.15, 0.2) is 0 Å². The van der Waals surface area contributed by atoms with Gasteiger partial charge in [-0.1, -0.05) is 0 Å². The Morgan fingerprint density at radius 3 is 1.12 bits per heavy atom. The molecule has 0 aliphatic heterocycles. The first-order valence-electron chi connectivity index (χ1n) is 1.32. The van der Waals surface area contributed by atoms with E-state index in [1.165, 1.54) is 0 Å². The van der Waals surface area contributed by atoms with Crippen LogP contribution in [0.3, 0.4) is 0 Å². The molecule has 48 valence electrons. The fraction of sp³-hybridized carbons (Fsp3) is 1.00. The van der Waals surface area contributed by atoms with Gasteiger partial charge in [0.05, 0.1) is 0 Å². The average molecular weight is 127 g/mol. The molecule has 0 aliphatic carbocycles. The zero-order chi connectivity index (χ0) is 6.50. The van der Waals surface area contributed by atoms with Crippen LogP contribution in [0, 0.1) is 0 Å². The summed E-state index contributed by atoms with van der Waals surface area (Å²) >= 11 is 0. The minimum Gasteiger partial charge on any atom is -1.00 e. The predicted molar refractivity (Wildman–Crippen MR) is 19.4 cm³/mol. The van der Waals surface area contributed by atoms with Gasteiger partial charge in [0, 0.05) is 7.11 Å². The molecule has 1 nitrogen and oxygen atoms in total. The second-order valence-corrected chi connectivity index (χ2v) is 0.495. The SMILES string of the molecule is CO.F[B-](F)(F)F.[H-].[Li+]. The number of rotatable bonds is 0. The zero-order valence-electron chi connectivity index (χ0n) is 5.54. The Kier molecular flexibility index (Phi) is 14.5. The molecule has 0 amide bonds. The van der Waals surface area contributed by atoms with Crippen molar-refractivity contribution in [1.82, 2.24) is 0 Å². The Balaban J connectivity index is -0.0000000286. The summed E-state index contributed by atoms with van der Waals surface area (Å²) in [6.45, 7) is 0. The van der Waals surface area contributed by atoms with Gasteiger partial charge in [0.15, 0.2) is 0 Å². The van der Waals surface area contributed by atoms with Crippen molar-refractivity contribution >= 4 is 7.25 Å². The van der Waals surface area contributed by atoms with E-state index in [2.05, 4.69) is 0 Å². The quantitative estimate of drug-likeness (QED) is 0.295. The van der Waals surface area contributed by atoms with E-state index in [1.54, 1.807) is 0 Å². The molecule has 7 heteroatoms. The van der Waals surface area contributed by atoms with Crippen molar-refractivity contribution in [2.45, 2.75) is 0 Å². The molecule has 0 atom stereocenters. The number of hydrogen-bond donors (Lipinski definition) is 1. The van der Waals surface area contributed by atoms with Gasteiger partial charge in [0.25, 0.3) is 0 Å². The topological polar surface area (TPSA) is 20.2 Å². The Hall–Kier alpha value is 0.342. The van der Waals surface area contributed by atoms with Gasteiger partial charge in [-0.05, 0) is 0 Å². The molecule has 0 spiro atoms. The zero-order valence-corrected chi connectivity index (χ0v) is 4.54. The first kappa shape index (κ1) is 15.8. The molecular weight excluding hydrogens is 122 g/mol. The van der Waals surface area contributed by atoms with E-state index in [-0.39, 0.29) is 20.3 Å². The third-order valence-corrected chi connectivity index (χ3v) is 0. The van der Waals surface area contributed by atoms with Crippen LogP contribution in [0.25, 0.3) is 0 Å². The molecule has 0 heterocycles. The molecule has 0 bridgehead atoms. The van der Waals surface area contributed by atoms with E-state index < -0.39 is 7.25 Å². The van der Waals surface area contributed by atoms with Crippen LogP contribution >= 0.6 is 0 Å². The van der Waals surface area contributed by atoms with Crippen molar-refractivity contribution in [3.05, 3.63) is 0 Å². The van der Waals surface area contributed by atoms with Crippen LogP contribution < -0.4 is 18.9 Å². The van der Waals surface area contributed by atoms with Crippen molar-refractivity contribution < 1.29 is 42.7 Å². The first-order chi connectivity index (χ1) is 3.00. The first-order valence-corrected chi connectivity index (χ1v) is 1.32. The summed E-state index contributed by atoms with van der Waals surface area (Å²) in [7, 11) is -5.00. The van der Waals surface area contributed by atoms with Gasteiger partial charge in [-0.15, -0.1) is 0 Å². The van der Waals surface area contributed by atoms with Crippen molar-refractivity contribution in [1.29, 1.82) is 0 Å². The Bertz CT molecular complexity index is 36.0. The molecule has 1 N–H and O–H groups in total. The summed E-state index contributed by atoms with van der Waals surface area (Å²) in [5.41, 5.74) is 0. The molecule has 0 rings (SSSR count). The van der Waals surface area contributed by atoms with Crippen molar-refractivity contribution in [3.63, 3.8) is 0 Å². The van der Waals surface area contributed by atoms with Gasteiger partial charge >= 0.3 is 26.1 Å². The van der Waals surface area contributed by atoms with Gasteiger partial charge in [-0.25, -0.2) is 0 Å². The smallest absolute Gasteiger partial charge is 1.00 e. The van der Waals surface area contributed by atoms with Crippen molar-refractivity contribution in [2.75, 3.05) is 7.11 Å². The minimum absolute atomic E-state index is 0. The van der Waals surface area contributed by atoms with Crippen LogP contribution in [0.5, 0.6) is 0 Å². The van der Waals surface area contributed by atoms with Crippen LogP contribution in [-0.2, 0) is 0 Å². The van der Waals surface area contributed by atoms with Gasteiger partial charge < -0.3 is 23.8 Å². The van der Waals surface area contributed by atoms with E-state index in [9.17, 15) is 17.3 Å². The Labute approximate surface area is 57.8 Å². The van der Waals surface area contributed by atoms with Crippen molar-refractivity contribution in [3.8, 4) is 0 Å². The van der Waals surface area contributed by atoms with Crippen LogP contribution in [0.1, 0.15) is 1.43 Å². The molecule has 0 aliphatic rings. The molecule has 0 radical (unpaired) electrons. The molecule has 0 unspecified atom stereocenters. The minimum atomic E-state index is -6.00. The number of hydrogen-bond acceptors (Lipinski definition) is 1. The monoisotopic (exact) mass is 127 g/mol. The molecule has 0 saturated heterocycles. The number of aliphatic hydroxyl groups excluding tert-OH is 1. The molecule has 0 aromatic rings. The third-order valence-electron chi connectivity index (χ3n) is 0. The standard InChI is InChI=1S/CH4O.BF4.Li.H/c1-2;2-1(3,4)5;;/h2H,1H3;;;/q;-1;+1;-1. The van der Waals surface area contributed by atoms with Crippen LogP contribution in [0.2, 0.25) is 0 Å². The second-order valence-electron chi connectivity index (χ2n) is 0.495. The predicted octanol–water partition coefficient (Wildman–Crippen LogP) is -1.97. The second kappa shape index (κ2) is 7.34. The fourth-order valence-electron chi connectivity index (χ4n) is 0. The van der Waals surface area contributed by atoms with E-state index in [1.807, 2.05) is 0 Å². The summed E-state index contributed by atoms with van der Waals surface area (Å²) in [5, 5.41) is 7.00. The molecule has 0 aromatic heterocycles. The van der Waals surface area contributed by atoms with E-state index >= 15 is 0 Å². The molecule has 8 heavy (non-hydrogen) atoms. The Morgan fingerprint density at radius 1 is 1.12 bits per heavy atom. The van der Waals surface area contributed by atoms with E-state index in [4.69, 9.17) is 5.11 Å². The maximum absolute atomic E-state index is 9.75. The fourth-order valence-corrected chi connectivity index (χ4v) is 0. The van der Waals surface area contributed by atoms with E-state index in [0.29, 0.717) is 0 Å². The largest absolute Gasteiger partial charge is 1.00 e. The maximum atomic E-state index is 9.75. The number of halogens is 4. The third kappa shape index (κ3) is 1540. The summed E-state index contributed by atoms with van der Waals surface area (Å²) in [4.78, 5) is 0. The Morgan fingerprint density at radius 2 is 1.12 bits per heavy atom. The maximum Gasteiger partial charge on any atom is 1.00 e. The summed E-state index contributed by atoms with van der Waals surface area (Å²) in [6.07, 6.45) is 0. The van der Waals surface area contributed by atoms with Gasteiger partial charge in [0.2, 0.25) is 0 Å². The van der Waals surface area contributed by atoms with Crippen molar-refractivity contribution in [2.24, 2.45) is 0 Å². The summed E-state index contributed by atoms with van der Waals surface area (Å²) < 4.78 is 39.0. The molecular formula is CH5BF4LiO-. The summed E-state index contributed by atoms with van der Waals surface area (Å²) in [5.74, 6) is 0. The normalized spacial score (nSPS) is 8.25. The van der Waals surface area contributed by atoms with E-state index in [0.717, 1.165) is 7.11 Å². The van der Waals surface area contributed by atoms with Gasteiger partial charge in [-0.3, -0.25) is 0 Å². The van der Waals surface area contributed by atoms with Gasteiger partial charge in [-0.2, -0.15) is 0 Å². The van der Waals surface area contributed by atoms with Crippen LogP contribution in [-0.4, -0.2) is 19.5 Å². The van der Waals surface area contributed by atoms with Gasteiger partial charge in [0.1, 0.15) is 0 Å².